The predicted octanol–water partition coefficient (Wildman–Crippen LogP) is 4.11. The van der Waals surface area contributed by atoms with Gasteiger partial charge in [-0.25, -0.2) is 0 Å². The second-order valence-corrected chi connectivity index (χ2v) is 7.03. The molecule has 4 rings (SSSR count). The SMILES string of the molecule is COc1cccc(NC(=O)c2ccccc2NC(=O)[C@@H]2Oc3ccccc3O[C@@H]2C)c1. The lowest BCUT2D eigenvalue weighted by Gasteiger charge is -2.31. The minimum absolute atomic E-state index is 0.323. The van der Waals surface area contributed by atoms with Crippen LogP contribution >= 0.6 is 0 Å². The number of carbonyl (C=O) groups is 2. The third-order valence-corrected chi connectivity index (χ3v) is 4.86. The van der Waals surface area contributed by atoms with Crippen molar-refractivity contribution < 1.29 is 23.8 Å². The summed E-state index contributed by atoms with van der Waals surface area (Å²) in [5.41, 5.74) is 1.28. The first-order valence-corrected chi connectivity index (χ1v) is 9.83. The molecule has 2 amide bonds. The molecule has 0 radical (unpaired) electrons. The number of rotatable bonds is 5. The molecule has 1 heterocycles. The molecular weight excluding hydrogens is 396 g/mol. The largest absolute Gasteiger partial charge is 0.497 e. The normalized spacial score (nSPS) is 16.8. The summed E-state index contributed by atoms with van der Waals surface area (Å²) in [6.07, 6.45) is -1.35. The molecule has 3 aromatic carbocycles. The molecular formula is C24H22N2O5. The van der Waals surface area contributed by atoms with Gasteiger partial charge in [0.2, 0.25) is 6.10 Å². The fourth-order valence-electron chi connectivity index (χ4n) is 3.30. The average Bonchev–Trinajstić information content (AvgIpc) is 2.79. The maximum atomic E-state index is 12.9. The van der Waals surface area contributed by atoms with Gasteiger partial charge in [0.25, 0.3) is 11.8 Å². The molecule has 7 heteroatoms. The Morgan fingerprint density at radius 3 is 2.35 bits per heavy atom. The summed E-state index contributed by atoms with van der Waals surface area (Å²) in [4.78, 5) is 25.8. The molecule has 0 saturated carbocycles. The molecule has 0 fully saturated rings. The third kappa shape index (κ3) is 4.45. The summed E-state index contributed by atoms with van der Waals surface area (Å²) in [5, 5.41) is 5.62. The summed E-state index contributed by atoms with van der Waals surface area (Å²) in [6, 6.07) is 21.0. The van der Waals surface area contributed by atoms with Crippen molar-refractivity contribution in [2.75, 3.05) is 17.7 Å². The Morgan fingerprint density at radius 2 is 1.58 bits per heavy atom. The van der Waals surface area contributed by atoms with E-state index < -0.39 is 18.1 Å². The number of methoxy groups -OCH3 is 1. The number of para-hydroxylation sites is 3. The fourth-order valence-corrected chi connectivity index (χ4v) is 3.30. The van der Waals surface area contributed by atoms with Gasteiger partial charge >= 0.3 is 0 Å². The van der Waals surface area contributed by atoms with Crippen LogP contribution in [0, 0.1) is 0 Å². The van der Waals surface area contributed by atoms with Crippen molar-refractivity contribution in [1.29, 1.82) is 0 Å². The lowest BCUT2D eigenvalue weighted by Crippen LogP contribution is -2.46. The summed E-state index contributed by atoms with van der Waals surface area (Å²) in [7, 11) is 1.56. The topological polar surface area (TPSA) is 85.9 Å². The second-order valence-electron chi connectivity index (χ2n) is 7.03. The fraction of sp³-hybridized carbons (Fsp3) is 0.167. The summed E-state index contributed by atoms with van der Waals surface area (Å²) in [5.74, 6) is 0.969. The van der Waals surface area contributed by atoms with Crippen molar-refractivity contribution in [1.82, 2.24) is 0 Å². The molecule has 0 aliphatic carbocycles. The summed E-state index contributed by atoms with van der Waals surface area (Å²) < 4.78 is 16.8. The number of fused-ring (bicyclic) bond motifs is 1. The molecule has 2 atom stereocenters. The Morgan fingerprint density at radius 1 is 0.871 bits per heavy atom. The van der Waals surface area contributed by atoms with Crippen LogP contribution in [0.4, 0.5) is 11.4 Å². The van der Waals surface area contributed by atoms with Crippen molar-refractivity contribution in [2.45, 2.75) is 19.1 Å². The van der Waals surface area contributed by atoms with Crippen molar-refractivity contribution in [3.8, 4) is 17.2 Å². The molecule has 0 unspecified atom stereocenters. The van der Waals surface area contributed by atoms with Crippen LogP contribution in [0.15, 0.2) is 72.8 Å². The second kappa shape index (κ2) is 8.79. The smallest absolute Gasteiger partial charge is 0.269 e. The maximum Gasteiger partial charge on any atom is 0.269 e. The Labute approximate surface area is 179 Å². The monoisotopic (exact) mass is 418 g/mol. The van der Waals surface area contributed by atoms with Gasteiger partial charge in [-0.3, -0.25) is 9.59 Å². The number of anilines is 2. The highest BCUT2D eigenvalue weighted by Crippen LogP contribution is 2.34. The Hall–Kier alpha value is -4.00. The predicted molar refractivity (Wildman–Crippen MR) is 117 cm³/mol. The standard InChI is InChI=1S/C24H22N2O5/c1-15-22(31-21-13-6-5-12-20(21)30-15)24(28)26-19-11-4-3-10-18(19)23(27)25-16-8-7-9-17(14-16)29-2/h3-15,22H,1-2H3,(H,25,27)(H,26,28)/t15-,22-/m1/s1. The van der Waals surface area contributed by atoms with Crippen molar-refractivity contribution in [3.63, 3.8) is 0 Å². The number of carbonyl (C=O) groups excluding carboxylic acids is 2. The van der Waals surface area contributed by atoms with Crippen molar-refractivity contribution in [2.24, 2.45) is 0 Å². The van der Waals surface area contributed by atoms with Gasteiger partial charge in [0.05, 0.1) is 18.4 Å². The van der Waals surface area contributed by atoms with Gasteiger partial charge in [-0.2, -0.15) is 0 Å². The Bertz CT molecular complexity index is 1110. The quantitative estimate of drug-likeness (QED) is 0.651. The van der Waals surface area contributed by atoms with E-state index in [9.17, 15) is 9.59 Å². The zero-order valence-electron chi connectivity index (χ0n) is 17.1. The number of amides is 2. The molecule has 0 aromatic heterocycles. The van der Waals surface area contributed by atoms with Crippen molar-refractivity contribution >= 4 is 23.2 Å². The van der Waals surface area contributed by atoms with Crippen LogP contribution in [0.3, 0.4) is 0 Å². The van der Waals surface area contributed by atoms with E-state index in [1.165, 1.54) is 0 Å². The van der Waals surface area contributed by atoms with E-state index in [4.69, 9.17) is 14.2 Å². The van der Waals surface area contributed by atoms with Gasteiger partial charge in [0.1, 0.15) is 11.9 Å². The highest BCUT2D eigenvalue weighted by atomic mass is 16.6. The number of nitrogens with one attached hydrogen (secondary N) is 2. The van der Waals surface area contributed by atoms with Crippen LogP contribution in [0.1, 0.15) is 17.3 Å². The minimum atomic E-state index is -0.857. The van der Waals surface area contributed by atoms with Gasteiger partial charge in [0, 0.05) is 11.8 Å². The van der Waals surface area contributed by atoms with Gasteiger partial charge in [-0.05, 0) is 43.3 Å². The molecule has 1 aliphatic rings. The van der Waals surface area contributed by atoms with Crippen LogP contribution in [-0.4, -0.2) is 31.1 Å². The molecule has 0 spiro atoms. The lowest BCUT2D eigenvalue weighted by atomic mass is 10.1. The van der Waals surface area contributed by atoms with Crippen LogP contribution < -0.4 is 24.8 Å². The highest BCUT2D eigenvalue weighted by molar-refractivity contribution is 6.10. The first-order chi connectivity index (χ1) is 15.0. The highest BCUT2D eigenvalue weighted by Gasteiger charge is 2.34. The first kappa shape index (κ1) is 20.3. The Balaban J connectivity index is 1.51. The molecule has 2 N–H and O–H groups in total. The number of hydrogen-bond donors (Lipinski definition) is 2. The van der Waals surface area contributed by atoms with Crippen LogP contribution in [0.2, 0.25) is 0 Å². The summed E-state index contributed by atoms with van der Waals surface area (Å²) >= 11 is 0. The molecule has 158 valence electrons. The molecule has 31 heavy (non-hydrogen) atoms. The zero-order chi connectivity index (χ0) is 21.8. The molecule has 0 bridgehead atoms. The third-order valence-electron chi connectivity index (χ3n) is 4.86. The van der Waals surface area contributed by atoms with E-state index in [2.05, 4.69) is 10.6 Å². The molecule has 1 aliphatic heterocycles. The van der Waals surface area contributed by atoms with Gasteiger partial charge in [-0.1, -0.05) is 30.3 Å². The van der Waals surface area contributed by atoms with Crippen LogP contribution in [0.5, 0.6) is 17.2 Å². The Kier molecular flexibility index (Phi) is 5.75. The van der Waals surface area contributed by atoms with Gasteiger partial charge in [-0.15, -0.1) is 0 Å². The first-order valence-electron chi connectivity index (χ1n) is 9.83. The average molecular weight is 418 g/mol. The lowest BCUT2D eigenvalue weighted by molar-refractivity contribution is -0.128. The molecule has 3 aromatic rings. The van der Waals surface area contributed by atoms with E-state index in [1.807, 2.05) is 12.1 Å². The van der Waals surface area contributed by atoms with E-state index >= 15 is 0 Å². The minimum Gasteiger partial charge on any atom is -0.497 e. The maximum absolute atomic E-state index is 12.9. The molecule has 0 saturated heterocycles. The zero-order valence-corrected chi connectivity index (χ0v) is 17.1. The van der Waals surface area contributed by atoms with E-state index in [0.717, 1.165) is 0 Å². The van der Waals surface area contributed by atoms with Gasteiger partial charge in [0.15, 0.2) is 11.5 Å². The van der Waals surface area contributed by atoms with E-state index in [0.29, 0.717) is 34.2 Å². The van der Waals surface area contributed by atoms with Crippen LogP contribution in [-0.2, 0) is 4.79 Å². The number of benzene rings is 3. The van der Waals surface area contributed by atoms with Gasteiger partial charge < -0.3 is 24.8 Å². The summed E-state index contributed by atoms with van der Waals surface area (Å²) in [6.45, 7) is 1.77. The molecule has 7 nitrogen and oxygen atoms in total. The number of hydrogen-bond acceptors (Lipinski definition) is 5. The van der Waals surface area contributed by atoms with E-state index in [-0.39, 0.29) is 5.91 Å². The number of ether oxygens (including phenoxy) is 3. The van der Waals surface area contributed by atoms with Crippen molar-refractivity contribution in [3.05, 3.63) is 78.4 Å². The van der Waals surface area contributed by atoms with E-state index in [1.54, 1.807) is 74.7 Å². The van der Waals surface area contributed by atoms with Crippen LogP contribution in [0.25, 0.3) is 0 Å².